The van der Waals surface area contributed by atoms with E-state index in [0.717, 1.165) is 19.3 Å². The average Bonchev–Trinajstić information content (AvgIpc) is 2.51. The Morgan fingerprint density at radius 2 is 1.26 bits per heavy atom. The van der Waals surface area contributed by atoms with E-state index >= 15 is 0 Å². The van der Waals surface area contributed by atoms with Crippen molar-refractivity contribution in [2.24, 2.45) is 5.92 Å². The second-order valence-corrected chi connectivity index (χ2v) is 7.67. The third-order valence-corrected chi connectivity index (χ3v) is 4.52. The minimum Gasteiger partial charge on any atom is -0.341 e. The lowest BCUT2D eigenvalue weighted by Crippen LogP contribution is -2.36. The Hall–Kier alpha value is 0.1000. The number of rotatable bonds is 11. The molecule has 0 aliphatic heterocycles. The van der Waals surface area contributed by atoms with E-state index in [1.807, 2.05) is 13.8 Å². The first-order valence-corrected chi connectivity index (χ1v) is 9.62. The number of carbonyl (C=O) groups excluding carboxylic acids is 2. The molecule has 0 N–H and O–H groups in total. The van der Waals surface area contributed by atoms with Crippen LogP contribution in [0.3, 0.4) is 0 Å². The van der Waals surface area contributed by atoms with Crippen LogP contribution in [0.15, 0.2) is 0 Å². The van der Waals surface area contributed by atoms with Gasteiger partial charge in [-0.15, -0.1) is 0 Å². The van der Waals surface area contributed by atoms with Gasteiger partial charge in [0.1, 0.15) is 0 Å². The zero-order chi connectivity index (χ0) is 18.0. The summed E-state index contributed by atoms with van der Waals surface area (Å²) < 4.78 is 0. The highest BCUT2D eigenvalue weighted by molar-refractivity contribution is 6.53. The van der Waals surface area contributed by atoms with E-state index in [1.54, 1.807) is 9.80 Å². The predicted octanol–water partition coefficient (Wildman–Crippen LogP) is 4.10. The van der Waals surface area contributed by atoms with Crippen LogP contribution < -0.4 is 0 Å². The maximum absolute atomic E-state index is 11.8. The van der Waals surface area contributed by atoms with Gasteiger partial charge in [0.25, 0.3) is 11.8 Å². The van der Waals surface area contributed by atoms with Crippen molar-refractivity contribution in [1.29, 1.82) is 0 Å². The summed E-state index contributed by atoms with van der Waals surface area (Å²) in [6.45, 7) is 8.38. The zero-order valence-electron chi connectivity index (χ0n) is 13.9. The summed E-state index contributed by atoms with van der Waals surface area (Å²) in [6, 6.07) is 0. The predicted molar refractivity (Wildman–Crippen MR) is 98.5 cm³/mol. The second-order valence-electron chi connectivity index (χ2n) is 5.47. The monoisotopic (exact) mass is 406 g/mol. The summed E-state index contributed by atoms with van der Waals surface area (Å²) in [6.07, 6.45) is 2.69. The van der Waals surface area contributed by atoms with Crippen LogP contribution in [0.25, 0.3) is 0 Å². The average molecular weight is 408 g/mol. The van der Waals surface area contributed by atoms with Gasteiger partial charge >= 0.3 is 0 Å². The third kappa shape index (κ3) is 9.23. The smallest absolute Gasteiger partial charge is 0.255 e. The van der Waals surface area contributed by atoms with Gasteiger partial charge in [0.2, 0.25) is 0 Å². The molecule has 0 unspecified atom stereocenters. The van der Waals surface area contributed by atoms with Gasteiger partial charge in [-0.05, 0) is 39.0 Å². The van der Waals surface area contributed by atoms with E-state index in [2.05, 4.69) is 6.92 Å². The number of alkyl halides is 4. The summed E-state index contributed by atoms with van der Waals surface area (Å²) in [5.41, 5.74) is 0. The summed E-state index contributed by atoms with van der Waals surface area (Å²) in [5, 5.41) is 0. The molecule has 0 saturated heterocycles. The molecule has 1 atom stereocenters. The standard InChI is InChI=1S/C15H26Cl4N2O2/c1-4-20(14(22)12(16)17)9-6-7-11(3)8-10-21(5-2)15(23)13(18)19/h11-13H,4-10H2,1-3H3/t11-/m1/s1. The number of carbonyl (C=O) groups is 2. The van der Waals surface area contributed by atoms with Crippen LogP contribution in [0.1, 0.15) is 40.0 Å². The molecule has 23 heavy (non-hydrogen) atoms. The van der Waals surface area contributed by atoms with Gasteiger partial charge in [-0.25, -0.2) is 0 Å². The normalized spacial score (nSPS) is 12.6. The molecule has 0 saturated carbocycles. The third-order valence-electron chi connectivity index (χ3n) is 3.78. The molecule has 0 aliphatic carbocycles. The molecular formula is C15H26Cl4N2O2. The van der Waals surface area contributed by atoms with E-state index in [4.69, 9.17) is 46.4 Å². The van der Waals surface area contributed by atoms with Crippen molar-refractivity contribution in [2.75, 3.05) is 26.2 Å². The molecule has 0 radical (unpaired) electrons. The Morgan fingerprint density at radius 1 is 0.826 bits per heavy atom. The number of hydrogen-bond acceptors (Lipinski definition) is 2. The van der Waals surface area contributed by atoms with Crippen molar-refractivity contribution in [2.45, 2.75) is 49.7 Å². The zero-order valence-corrected chi connectivity index (χ0v) is 16.9. The van der Waals surface area contributed by atoms with Gasteiger partial charge in [0, 0.05) is 26.2 Å². The molecule has 0 rings (SSSR count). The fourth-order valence-corrected chi connectivity index (χ4v) is 2.83. The number of amides is 2. The lowest BCUT2D eigenvalue weighted by atomic mass is 10.0. The van der Waals surface area contributed by atoms with Crippen LogP contribution in [0.5, 0.6) is 0 Å². The fraction of sp³-hybridized carbons (Fsp3) is 0.867. The molecular weight excluding hydrogens is 382 g/mol. The van der Waals surface area contributed by atoms with Crippen molar-refractivity contribution in [3.8, 4) is 0 Å². The molecule has 0 aliphatic rings. The highest BCUT2D eigenvalue weighted by atomic mass is 35.5. The first-order valence-electron chi connectivity index (χ1n) is 7.88. The Balaban J connectivity index is 4.13. The van der Waals surface area contributed by atoms with Crippen molar-refractivity contribution in [3.05, 3.63) is 0 Å². The van der Waals surface area contributed by atoms with Gasteiger partial charge in [-0.3, -0.25) is 9.59 Å². The number of nitrogens with zero attached hydrogens (tertiary/aromatic N) is 2. The quantitative estimate of drug-likeness (QED) is 0.483. The number of hydrogen-bond donors (Lipinski definition) is 0. The molecule has 0 fully saturated rings. The van der Waals surface area contributed by atoms with E-state index < -0.39 is 9.67 Å². The summed E-state index contributed by atoms with van der Waals surface area (Å²) in [4.78, 5) is 24.8. The van der Waals surface area contributed by atoms with Crippen LogP contribution >= 0.6 is 46.4 Å². The summed E-state index contributed by atoms with van der Waals surface area (Å²) >= 11 is 22.5. The summed E-state index contributed by atoms with van der Waals surface area (Å²) in [7, 11) is 0. The molecule has 136 valence electrons. The molecule has 2 amide bonds. The molecule has 4 nitrogen and oxygen atoms in total. The highest BCUT2D eigenvalue weighted by Gasteiger charge is 2.20. The maximum Gasteiger partial charge on any atom is 0.255 e. The topological polar surface area (TPSA) is 40.6 Å². The molecule has 0 aromatic carbocycles. The van der Waals surface area contributed by atoms with Crippen molar-refractivity contribution < 1.29 is 9.59 Å². The van der Waals surface area contributed by atoms with E-state index in [9.17, 15) is 9.59 Å². The van der Waals surface area contributed by atoms with Crippen LogP contribution in [-0.4, -0.2) is 57.5 Å². The Morgan fingerprint density at radius 3 is 1.65 bits per heavy atom. The first kappa shape index (κ1) is 23.1. The van der Waals surface area contributed by atoms with E-state index in [1.165, 1.54) is 0 Å². The molecule has 0 aromatic rings. The Labute approximate surface area is 159 Å². The molecule has 0 heterocycles. The van der Waals surface area contributed by atoms with Gasteiger partial charge in [-0.1, -0.05) is 53.3 Å². The Bertz CT molecular complexity index is 367. The Kier molecular flexibility index (Phi) is 12.5. The van der Waals surface area contributed by atoms with Crippen LogP contribution in [0.4, 0.5) is 0 Å². The maximum atomic E-state index is 11.8. The van der Waals surface area contributed by atoms with Gasteiger partial charge < -0.3 is 9.80 Å². The van der Waals surface area contributed by atoms with E-state index in [0.29, 0.717) is 32.1 Å². The van der Waals surface area contributed by atoms with Gasteiger partial charge in [0.05, 0.1) is 0 Å². The van der Waals surface area contributed by atoms with Gasteiger partial charge in [-0.2, -0.15) is 0 Å². The highest BCUT2D eigenvalue weighted by Crippen LogP contribution is 2.15. The van der Waals surface area contributed by atoms with Crippen LogP contribution in [-0.2, 0) is 9.59 Å². The molecule has 8 heteroatoms. The molecule has 0 aromatic heterocycles. The van der Waals surface area contributed by atoms with Gasteiger partial charge in [0.15, 0.2) is 9.67 Å². The van der Waals surface area contributed by atoms with Crippen LogP contribution in [0.2, 0.25) is 0 Å². The lowest BCUT2D eigenvalue weighted by molar-refractivity contribution is -0.130. The second kappa shape index (κ2) is 12.5. The van der Waals surface area contributed by atoms with Crippen LogP contribution in [0, 0.1) is 5.92 Å². The van der Waals surface area contributed by atoms with Crippen molar-refractivity contribution >= 4 is 58.2 Å². The first-order chi connectivity index (χ1) is 10.7. The van der Waals surface area contributed by atoms with Crippen molar-refractivity contribution in [3.63, 3.8) is 0 Å². The lowest BCUT2D eigenvalue weighted by Gasteiger charge is -2.24. The van der Waals surface area contributed by atoms with E-state index in [-0.39, 0.29) is 11.8 Å². The summed E-state index contributed by atoms with van der Waals surface area (Å²) in [5.74, 6) is -0.0693. The van der Waals surface area contributed by atoms with Crippen molar-refractivity contribution in [1.82, 2.24) is 9.80 Å². The molecule has 0 bridgehead atoms. The number of halogens is 4. The largest absolute Gasteiger partial charge is 0.341 e. The molecule has 0 spiro atoms. The minimum absolute atomic E-state index is 0.249. The fourth-order valence-electron chi connectivity index (χ4n) is 2.28. The SMILES string of the molecule is CCN(CCC[C@@H](C)CCN(CC)C(=O)C(Cl)Cl)C(=O)C(Cl)Cl. The minimum atomic E-state index is -1.01.